The number of anilines is 1. The van der Waals surface area contributed by atoms with Crippen molar-refractivity contribution in [2.45, 2.75) is 38.5 Å². The van der Waals surface area contributed by atoms with Gasteiger partial charge in [-0.1, -0.05) is 38.2 Å². The predicted molar refractivity (Wildman–Crippen MR) is 76.9 cm³/mol. The number of phenolic OH excluding ortho intramolecular Hbond substituents is 1. The van der Waals surface area contributed by atoms with Gasteiger partial charge in [0.1, 0.15) is 5.75 Å². The van der Waals surface area contributed by atoms with E-state index in [1.165, 1.54) is 38.2 Å². The fourth-order valence-electron chi connectivity index (χ4n) is 2.72. The van der Waals surface area contributed by atoms with Gasteiger partial charge in [-0.15, -0.1) is 0 Å². The molecule has 0 bridgehead atoms. The van der Waals surface area contributed by atoms with Crippen LogP contribution >= 0.6 is 0 Å². The van der Waals surface area contributed by atoms with Crippen LogP contribution in [0, 0.1) is 5.92 Å². The molecule has 0 spiro atoms. The number of phenols is 1. The van der Waals surface area contributed by atoms with E-state index in [4.69, 9.17) is 0 Å². The van der Waals surface area contributed by atoms with E-state index >= 15 is 0 Å². The molecular weight excluding hydrogens is 262 g/mol. The zero-order chi connectivity index (χ0) is 13.9. The van der Waals surface area contributed by atoms with Crippen molar-refractivity contribution in [3.8, 4) is 5.75 Å². The summed E-state index contributed by atoms with van der Waals surface area (Å²) >= 11 is 0. The average molecular weight is 283 g/mol. The summed E-state index contributed by atoms with van der Waals surface area (Å²) in [6.45, 7) is 0. The third kappa shape index (κ3) is 4.42. The Morgan fingerprint density at radius 2 is 1.95 bits per heavy atom. The van der Waals surface area contributed by atoms with E-state index in [9.17, 15) is 13.5 Å². The summed E-state index contributed by atoms with van der Waals surface area (Å²) in [4.78, 5) is 0. The monoisotopic (exact) mass is 283 g/mol. The molecule has 1 aromatic rings. The van der Waals surface area contributed by atoms with Crippen molar-refractivity contribution in [2.24, 2.45) is 5.92 Å². The van der Waals surface area contributed by atoms with Crippen molar-refractivity contribution in [1.29, 1.82) is 0 Å². The summed E-state index contributed by atoms with van der Waals surface area (Å²) in [6, 6.07) is 5.01. The molecule has 0 heterocycles. The Bertz CT molecular complexity index is 534. The molecule has 0 atom stereocenters. The number of nitrogens with one attached hydrogen (secondary N) is 1. The molecule has 19 heavy (non-hydrogen) atoms. The van der Waals surface area contributed by atoms with Crippen LogP contribution in [0.3, 0.4) is 0 Å². The molecule has 0 radical (unpaired) electrons. The fraction of sp³-hybridized carbons (Fsp3) is 0.571. The minimum atomic E-state index is -3.30. The predicted octanol–water partition coefficient (Wildman–Crippen LogP) is 2.89. The van der Waals surface area contributed by atoms with E-state index in [2.05, 4.69) is 4.72 Å². The Labute approximate surface area is 114 Å². The molecular formula is C14H21NO3S. The van der Waals surface area contributed by atoms with E-state index in [0.717, 1.165) is 18.2 Å². The second-order valence-corrected chi connectivity index (χ2v) is 7.17. The molecule has 5 heteroatoms. The van der Waals surface area contributed by atoms with Gasteiger partial charge in [0.2, 0.25) is 10.0 Å². The quantitative estimate of drug-likeness (QED) is 0.893. The van der Waals surface area contributed by atoms with Crippen molar-refractivity contribution in [3.05, 3.63) is 23.8 Å². The standard InChI is InChI=1S/C14H21NO3S/c1-19(17,18)15-13-8-7-12(14(16)10-13)9-11-5-3-2-4-6-11/h7-8,10-11,15-16H,2-6,9H2,1H3. The van der Waals surface area contributed by atoms with Crippen LogP contribution in [-0.2, 0) is 16.4 Å². The van der Waals surface area contributed by atoms with Crippen molar-refractivity contribution in [1.82, 2.24) is 0 Å². The van der Waals surface area contributed by atoms with Crippen molar-refractivity contribution in [3.63, 3.8) is 0 Å². The maximum atomic E-state index is 11.1. The highest BCUT2D eigenvalue weighted by molar-refractivity contribution is 7.92. The summed E-state index contributed by atoms with van der Waals surface area (Å²) < 4.78 is 24.6. The van der Waals surface area contributed by atoms with Gasteiger partial charge in [0.15, 0.2) is 0 Å². The van der Waals surface area contributed by atoms with E-state index in [1.54, 1.807) is 6.07 Å². The van der Waals surface area contributed by atoms with Crippen LogP contribution in [0.1, 0.15) is 37.7 Å². The second-order valence-electron chi connectivity index (χ2n) is 5.43. The van der Waals surface area contributed by atoms with E-state index in [-0.39, 0.29) is 5.75 Å². The normalized spacial score (nSPS) is 17.3. The number of hydrogen-bond donors (Lipinski definition) is 2. The Kier molecular flexibility index (Phi) is 4.34. The van der Waals surface area contributed by atoms with Gasteiger partial charge in [-0.2, -0.15) is 0 Å². The van der Waals surface area contributed by atoms with Gasteiger partial charge < -0.3 is 5.11 Å². The zero-order valence-electron chi connectivity index (χ0n) is 11.2. The first-order valence-electron chi connectivity index (χ1n) is 6.74. The van der Waals surface area contributed by atoms with Gasteiger partial charge in [0.25, 0.3) is 0 Å². The number of benzene rings is 1. The van der Waals surface area contributed by atoms with Gasteiger partial charge in [0, 0.05) is 6.07 Å². The molecule has 2 rings (SSSR count). The van der Waals surface area contributed by atoms with Crippen molar-refractivity contribution >= 4 is 15.7 Å². The van der Waals surface area contributed by atoms with E-state index in [0.29, 0.717) is 11.6 Å². The maximum absolute atomic E-state index is 11.1. The van der Waals surface area contributed by atoms with Crippen LogP contribution < -0.4 is 4.72 Å². The van der Waals surface area contributed by atoms with Gasteiger partial charge >= 0.3 is 0 Å². The molecule has 0 aliphatic heterocycles. The number of aromatic hydroxyl groups is 1. The minimum absolute atomic E-state index is 0.180. The Hall–Kier alpha value is -1.23. The van der Waals surface area contributed by atoms with E-state index in [1.807, 2.05) is 6.07 Å². The van der Waals surface area contributed by atoms with Gasteiger partial charge in [-0.3, -0.25) is 4.72 Å². The van der Waals surface area contributed by atoms with Crippen LogP contribution in [0.2, 0.25) is 0 Å². The van der Waals surface area contributed by atoms with Gasteiger partial charge in [-0.05, 0) is 24.0 Å². The van der Waals surface area contributed by atoms with Crippen molar-refractivity contribution in [2.75, 3.05) is 11.0 Å². The molecule has 1 aliphatic rings. The highest BCUT2D eigenvalue weighted by Gasteiger charge is 2.16. The lowest BCUT2D eigenvalue weighted by Gasteiger charge is -2.22. The zero-order valence-corrected chi connectivity index (χ0v) is 12.0. The smallest absolute Gasteiger partial charge is 0.229 e. The van der Waals surface area contributed by atoms with Gasteiger partial charge in [-0.25, -0.2) is 8.42 Å². The summed E-state index contributed by atoms with van der Waals surface area (Å²) in [5.41, 5.74) is 1.32. The third-order valence-corrected chi connectivity index (χ3v) is 4.23. The van der Waals surface area contributed by atoms with Crippen molar-refractivity contribution < 1.29 is 13.5 Å². The fourth-order valence-corrected chi connectivity index (χ4v) is 3.27. The summed E-state index contributed by atoms with van der Waals surface area (Å²) in [6.07, 6.45) is 8.30. The lowest BCUT2D eigenvalue weighted by atomic mass is 9.84. The molecule has 0 amide bonds. The molecule has 0 aromatic heterocycles. The third-order valence-electron chi connectivity index (χ3n) is 3.62. The van der Waals surface area contributed by atoms with Crippen LogP contribution in [0.4, 0.5) is 5.69 Å². The first-order chi connectivity index (χ1) is 8.94. The van der Waals surface area contributed by atoms with Gasteiger partial charge in [0.05, 0.1) is 11.9 Å². The summed E-state index contributed by atoms with van der Waals surface area (Å²) in [5, 5.41) is 9.98. The molecule has 1 aromatic carbocycles. The SMILES string of the molecule is CS(=O)(=O)Nc1ccc(CC2CCCCC2)c(O)c1. The highest BCUT2D eigenvalue weighted by atomic mass is 32.2. The molecule has 1 aliphatic carbocycles. The average Bonchev–Trinajstić information content (AvgIpc) is 2.32. The first-order valence-corrected chi connectivity index (χ1v) is 8.63. The molecule has 4 nitrogen and oxygen atoms in total. The van der Waals surface area contributed by atoms with E-state index < -0.39 is 10.0 Å². The largest absolute Gasteiger partial charge is 0.508 e. The first kappa shape index (κ1) is 14.2. The Morgan fingerprint density at radius 1 is 1.26 bits per heavy atom. The van der Waals surface area contributed by atoms with Crippen LogP contribution in [0.15, 0.2) is 18.2 Å². The lowest BCUT2D eigenvalue weighted by molar-refractivity contribution is 0.351. The minimum Gasteiger partial charge on any atom is -0.508 e. The Morgan fingerprint density at radius 3 is 2.53 bits per heavy atom. The molecule has 1 fully saturated rings. The molecule has 1 saturated carbocycles. The van der Waals surface area contributed by atoms with Crippen LogP contribution in [0.25, 0.3) is 0 Å². The molecule has 0 saturated heterocycles. The molecule has 2 N–H and O–H groups in total. The summed E-state index contributed by atoms with van der Waals surface area (Å²) in [5.74, 6) is 0.826. The van der Waals surface area contributed by atoms with Crippen LogP contribution in [-0.4, -0.2) is 19.8 Å². The number of hydrogen-bond acceptors (Lipinski definition) is 3. The maximum Gasteiger partial charge on any atom is 0.229 e. The highest BCUT2D eigenvalue weighted by Crippen LogP contribution is 2.31. The number of rotatable bonds is 4. The second kappa shape index (κ2) is 5.82. The van der Waals surface area contributed by atoms with Crippen LogP contribution in [0.5, 0.6) is 5.75 Å². The number of sulfonamides is 1. The molecule has 106 valence electrons. The topological polar surface area (TPSA) is 66.4 Å². The summed E-state index contributed by atoms with van der Waals surface area (Å²) in [7, 11) is -3.30. The lowest BCUT2D eigenvalue weighted by Crippen LogP contribution is -2.11. The molecule has 0 unspecified atom stereocenters. The Balaban J connectivity index is 2.06.